The molecule has 0 amide bonds. The maximum absolute atomic E-state index is 7.47. The summed E-state index contributed by atoms with van der Waals surface area (Å²) < 4.78 is 0. The first-order valence-electron chi connectivity index (χ1n) is 5.39. The van der Waals surface area contributed by atoms with Crippen LogP contribution >= 0.6 is 0 Å². The second kappa shape index (κ2) is 5.44. The predicted molar refractivity (Wildman–Crippen MR) is 65.8 cm³/mol. The molecule has 5 heteroatoms. The summed E-state index contributed by atoms with van der Waals surface area (Å²) in [6.45, 7) is 5.24. The summed E-state index contributed by atoms with van der Waals surface area (Å²) >= 11 is 0. The first-order chi connectivity index (χ1) is 7.52. The zero-order chi connectivity index (χ0) is 12.1. The Balaban J connectivity index is 2.82. The van der Waals surface area contributed by atoms with Crippen LogP contribution in [0.4, 0.5) is 5.82 Å². The molecule has 1 aromatic rings. The van der Waals surface area contributed by atoms with Gasteiger partial charge in [0, 0.05) is 13.6 Å². The van der Waals surface area contributed by atoms with E-state index in [0.717, 1.165) is 13.0 Å². The van der Waals surface area contributed by atoms with Gasteiger partial charge in [-0.3, -0.25) is 5.41 Å². The zero-order valence-electron chi connectivity index (χ0n) is 10.1. The standard InChI is InChI=1S/C11H19N5/c1-8(2)5-7-16(3)11-9(10(12)13)4-6-14-15-11/h4,6,8H,5,7H2,1-3H3,(H3,12,13). The van der Waals surface area contributed by atoms with Crippen LogP contribution in [-0.2, 0) is 0 Å². The van der Waals surface area contributed by atoms with Crippen molar-refractivity contribution < 1.29 is 0 Å². The van der Waals surface area contributed by atoms with Crippen molar-refractivity contribution in [1.29, 1.82) is 5.41 Å². The van der Waals surface area contributed by atoms with Crippen LogP contribution in [0.2, 0.25) is 0 Å². The lowest BCUT2D eigenvalue weighted by molar-refractivity contribution is 0.582. The van der Waals surface area contributed by atoms with Gasteiger partial charge in [0.05, 0.1) is 11.8 Å². The van der Waals surface area contributed by atoms with Gasteiger partial charge in [-0.05, 0) is 18.4 Å². The van der Waals surface area contributed by atoms with Gasteiger partial charge in [0.25, 0.3) is 0 Å². The van der Waals surface area contributed by atoms with Crippen LogP contribution in [0.3, 0.4) is 0 Å². The third-order valence-electron chi connectivity index (χ3n) is 2.39. The lowest BCUT2D eigenvalue weighted by Gasteiger charge is -2.20. The number of nitrogens with two attached hydrogens (primary N) is 1. The molecule has 1 heterocycles. The maximum Gasteiger partial charge on any atom is 0.162 e. The average molecular weight is 221 g/mol. The molecule has 0 aliphatic rings. The molecule has 0 aliphatic carbocycles. The van der Waals surface area contributed by atoms with E-state index in [1.807, 2.05) is 11.9 Å². The summed E-state index contributed by atoms with van der Waals surface area (Å²) in [7, 11) is 1.94. The Morgan fingerprint density at radius 2 is 2.25 bits per heavy atom. The molecule has 1 aromatic heterocycles. The highest BCUT2D eigenvalue weighted by molar-refractivity contribution is 5.99. The Morgan fingerprint density at radius 1 is 1.56 bits per heavy atom. The molecule has 0 radical (unpaired) electrons. The number of hydrogen-bond acceptors (Lipinski definition) is 4. The van der Waals surface area contributed by atoms with Gasteiger partial charge in [-0.1, -0.05) is 13.8 Å². The molecule has 88 valence electrons. The molecule has 16 heavy (non-hydrogen) atoms. The Bertz CT molecular complexity index is 361. The summed E-state index contributed by atoms with van der Waals surface area (Å²) in [6, 6.07) is 1.72. The number of nitrogens with zero attached hydrogens (tertiary/aromatic N) is 3. The van der Waals surface area contributed by atoms with Gasteiger partial charge in [-0.15, -0.1) is 5.10 Å². The fourth-order valence-electron chi connectivity index (χ4n) is 1.37. The first-order valence-corrected chi connectivity index (χ1v) is 5.39. The molecule has 0 aromatic carbocycles. The lowest BCUT2D eigenvalue weighted by atomic mass is 10.1. The van der Waals surface area contributed by atoms with Gasteiger partial charge >= 0.3 is 0 Å². The van der Waals surface area contributed by atoms with E-state index in [4.69, 9.17) is 11.1 Å². The number of nitrogen functional groups attached to an aromatic ring is 1. The van der Waals surface area contributed by atoms with Gasteiger partial charge in [0.15, 0.2) is 5.82 Å². The molecule has 0 spiro atoms. The van der Waals surface area contributed by atoms with Gasteiger partial charge in [0.1, 0.15) is 5.84 Å². The van der Waals surface area contributed by atoms with Crippen LogP contribution in [0.15, 0.2) is 12.3 Å². The van der Waals surface area contributed by atoms with Crippen molar-refractivity contribution in [3.63, 3.8) is 0 Å². The Kier molecular flexibility index (Phi) is 4.22. The van der Waals surface area contributed by atoms with Gasteiger partial charge in [0.2, 0.25) is 0 Å². The molecule has 5 nitrogen and oxygen atoms in total. The highest BCUT2D eigenvalue weighted by atomic mass is 15.2. The Morgan fingerprint density at radius 3 is 2.81 bits per heavy atom. The summed E-state index contributed by atoms with van der Waals surface area (Å²) in [4.78, 5) is 1.99. The molecule has 0 atom stereocenters. The fraction of sp³-hybridized carbons (Fsp3) is 0.545. The maximum atomic E-state index is 7.47. The quantitative estimate of drug-likeness (QED) is 0.579. The number of amidine groups is 1. The second-order valence-corrected chi connectivity index (χ2v) is 4.29. The number of hydrogen-bond donors (Lipinski definition) is 2. The van der Waals surface area contributed by atoms with Crippen LogP contribution in [0.1, 0.15) is 25.8 Å². The summed E-state index contributed by atoms with van der Waals surface area (Å²) in [5.41, 5.74) is 6.14. The van der Waals surface area contributed by atoms with E-state index < -0.39 is 0 Å². The third-order valence-corrected chi connectivity index (χ3v) is 2.39. The second-order valence-electron chi connectivity index (χ2n) is 4.29. The van der Waals surface area contributed by atoms with Crippen molar-refractivity contribution in [3.8, 4) is 0 Å². The summed E-state index contributed by atoms with van der Waals surface area (Å²) in [6.07, 6.45) is 2.63. The third kappa shape index (κ3) is 3.18. The number of nitrogens with one attached hydrogen (secondary N) is 1. The largest absolute Gasteiger partial charge is 0.384 e. The predicted octanol–water partition coefficient (Wildman–Crippen LogP) is 1.24. The monoisotopic (exact) mass is 221 g/mol. The van der Waals surface area contributed by atoms with Gasteiger partial charge < -0.3 is 10.6 Å². The number of aromatic nitrogens is 2. The van der Waals surface area contributed by atoms with Crippen LogP contribution in [0.25, 0.3) is 0 Å². The van der Waals surface area contributed by atoms with E-state index in [9.17, 15) is 0 Å². The minimum Gasteiger partial charge on any atom is -0.384 e. The van der Waals surface area contributed by atoms with Crippen molar-refractivity contribution in [3.05, 3.63) is 17.8 Å². The normalized spacial score (nSPS) is 10.5. The summed E-state index contributed by atoms with van der Waals surface area (Å²) in [5.74, 6) is 1.34. The molecule has 0 bridgehead atoms. The Hall–Kier alpha value is -1.65. The van der Waals surface area contributed by atoms with E-state index >= 15 is 0 Å². The topological polar surface area (TPSA) is 78.9 Å². The molecule has 0 aliphatic heterocycles. The molecule has 3 N–H and O–H groups in total. The van der Waals surface area contributed by atoms with Crippen molar-refractivity contribution in [1.82, 2.24) is 10.2 Å². The van der Waals surface area contributed by atoms with E-state index in [1.165, 1.54) is 0 Å². The van der Waals surface area contributed by atoms with Crippen molar-refractivity contribution in [2.75, 3.05) is 18.5 Å². The van der Waals surface area contributed by atoms with Crippen LogP contribution in [0, 0.1) is 11.3 Å². The van der Waals surface area contributed by atoms with E-state index in [1.54, 1.807) is 12.3 Å². The summed E-state index contributed by atoms with van der Waals surface area (Å²) in [5, 5.41) is 15.3. The minimum atomic E-state index is 0.0290. The SMILES string of the molecule is CC(C)CCN(C)c1nnccc1C(=N)N. The highest BCUT2D eigenvalue weighted by Gasteiger charge is 2.11. The molecule has 0 unspecified atom stereocenters. The molecule has 0 fully saturated rings. The molecule has 0 saturated carbocycles. The minimum absolute atomic E-state index is 0.0290. The Labute approximate surface area is 96.2 Å². The van der Waals surface area contributed by atoms with E-state index in [-0.39, 0.29) is 5.84 Å². The van der Waals surface area contributed by atoms with Gasteiger partial charge in [-0.2, -0.15) is 5.10 Å². The molecular weight excluding hydrogens is 202 g/mol. The van der Waals surface area contributed by atoms with Crippen LogP contribution in [0.5, 0.6) is 0 Å². The molecular formula is C11H19N5. The zero-order valence-corrected chi connectivity index (χ0v) is 10.1. The van der Waals surface area contributed by atoms with Gasteiger partial charge in [-0.25, -0.2) is 0 Å². The first kappa shape index (κ1) is 12.4. The average Bonchev–Trinajstić information content (AvgIpc) is 2.25. The fourth-order valence-corrected chi connectivity index (χ4v) is 1.37. The number of anilines is 1. The van der Waals surface area contributed by atoms with E-state index in [2.05, 4.69) is 24.0 Å². The van der Waals surface area contributed by atoms with Crippen LogP contribution in [-0.4, -0.2) is 29.6 Å². The van der Waals surface area contributed by atoms with E-state index in [0.29, 0.717) is 17.3 Å². The van der Waals surface area contributed by atoms with Crippen molar-refractivity contribution in [2.45, 2.75) is 20.3 Å². The van der Waals surface area contributed by atoms with Crippen molar-refractivity contribution >= 4 is 11.7 Å². The smallest absolute Gasteiger partial charge is 0.162 e. The van der Waals surface area contributed by atoms with Crippen molar-refractivity contribution in [2.24, 2.45) is 11.7 Å². The highest BCUT2D eigenvalue weighted by Crippen LogP contribution is 2.15. The molecule has 1 rings (SSSR count). The van der Waals surface area contributed by atoms with Crippen LogP contribution < -0.4 is 10.6 Å². The molecule has 0 saturated heterocycles. The number of rotatable bonds is 5. The lowest BCUT2D eigenvalue weighted by Crippen LogP contribution is -2.25.